The summed E-state index contributed by atoms with van der Waals surface area (Å²) in [5.74, 6) is -0.435. The third-order valence-electron chi connectivity index (χ3n) is 2.93. The molecule has 0 saturated carbocycles. The van der Waals surface area contributed by atoms with Gasteiger partial charge in [0.05, 0.1) is 22.7 Å². The lowest BCUT2D eigenvalue weighted by atomic mass is 10.2. The summed E-state index contributed by atoms with van der Waals surface area (Å²) in [6, 6.07) is 1.42. The molecule has 1 aromatic carbocycles. The van der Waals surface area contributed by atoms with Crippen LogP contribution in [0.4, 0.5) is 19.0 Å². The molecule has 11 heteroatoms. The van der Waals surface area contributed by atoms with Gasteiger partial charge >= 0.3 is 6.18 Å². The van der Waals surface area contributed by atoms with Crippen molar-refractivity contribution in [3.8, 4) is 5.69 Å². The van der Waals surface area contributed by atoms with E-state index in [2.05, 4.69) is 5.10 Å². The molecule has 0 unspecified atom stereocenters. The number of ketones is 1. The smallest absolute Gasteiger partial charge is 0.383 e. The van der Waals surface area contributed by atoms with Gasteiger partial charge in [-0.05, 0) is 12.1 Å². The molecule has 0 bridgehead atoms. The maximum absolute atomic E-state index is 12.8. The first-order chi connectivity index (χ1) is 11.1. The van der Waals surface area contributed by atoms with Gasteiger partial charge in [-0.3, -0.25) is 4.79 Å². The Hall–Kier alpha value is -1.42. The molecule has 1 aromatic heterocycles. The number of alkyl halides is 3. The molecular weight excluding hydrogens is 390 g/mol. The van der Waals surface area contributed by atoms with E-state index < -0.39 is 17.5 Å². The molecule has 0 spiro atoms. The van der Waals surface area contributed by atoms with Gasteiger partial charge in [-0.1, -0.05) is 23.2 Å². The standard InChI is InChI=1S/C13H10Cl2F3N3O2S/c1-5(22)9-11(24-23-2)12(19)21(20-9)10-7(14)3-6(4-8(10)15)13(16,17)18/h3-4H,19H2,1-2H3. The Morgan fingerprint density at radius 2 is 1.88 bits per heavy atom. The molecule has 0 aliphatic heterocycles. The molecule has 24 heavy (non-hydrogen) atoms. The largest absolute Gasteiger partial charge is 0.416 e. The summed E-state index contributed by atoms with van der Waals surface area (Å²) in [5, 5.41) is 3.38. The molecule has 2 aromatic rings. The van der Waals surface area contributed by atoms with Gasteiger partial charge in [0, 0.05) is 19.0 Å². The molecule has 0 radical (unpaired) electrons. The summed E-state index contributed by atoms with van der Waals surface area (Å²) < 4.78 is 44.3. The third-order valence-corrected chi connectivity index (χ3v) is 4.24. The number of Topliss-reactive ketones (excluding diaryl/α,β-unsaturated/α-hetero) is 1. The van der Waals surface area contributed by atoms with E-state index in [1.807, 2.05) is 0 Å². The fourth-order valence-electron chi connectivity index (χ4n) is 1.91. The molecule has 2 rings (SSSR count). The van der Waals surface area contributed by atoms with Crippen molar-refractivity contribution in [3.63, 3.8) is 0 Å². The van der Waals surface area contributed by atoms with Crippen molar-refractivity contribution in [3.05, 3.63) is 33.4 Å². The van der Waals surface area contributed by atoms with Crippen LogP contribution in [0.15, 0.2) is 17.0 Å². The third kappa shape index (κ3) is 3.49. The molecule has 5 nitrogen and oxygen atoms in total. The second-order valence-electron chi connectivity index (χ2n) is 4.57. The highest BCUT2D eigenvalue weighted by atomic mass is 35.5. The van der Waals surface area contributed by atoms with E-state index in [-0.39, 0.29) is 32.1 Å². The zero-order chi connectivity index (χ0) is 18.2. The van der Waals surface area contributed by atoms with Gasteiger partial charge in [0.1, 0.15) is 22.1 Å². The minimum atomic E-state index is -4.61. The summed E-state index contributed by atoms with van der Waals surface area (Å²) in [4.78, 5) is 11.9. The van der Waals surface area contributed by atoms with Crippen LogP contribution >= 0.6 is 35.2 Å². The van der Waals surface area contributed by atoms with Crippen molar-refractivity contribution < 1.29 is 22.1 Å². The highest BCUT2D eigenvalue weighted by Gasteiger charge is 2.33. The number of aromatic nitrogens is 2. The van der Waals surface area contributed by atoms with E-state index in [9.17, 15) is 18.0 Å². The van der Waals surface area contributed by atoms with Crippen LogP contribution in [0.3, 0.4) is 0 Å². The number of carbonyl (C=O) groups is 1. The predicted molar refractivity (Wildman–Crippen MR) is 85.9 cm³/mol. The van der Waals surface area contributed by atoms with Gasteiger partial charge in [-0.15, -0.1) is 0 Å². The van der Waals surface area contributed by atoms with Crippen LogP contribution in [-0.2, 0) is 10.4 Å². The Morgan fingerprint density at radius 1 is 1.33 bits per heavy atom. The Balaban J connectivity index is 2.69. The number of hydrogen-bond acceptors (Lipinski definition) is 5. The quantitative estimate of drug-likeness (QED) is 0.598. The molecule has 0 aliphatic carbocycles. The molecule has 1 heterocycles. The number of nitrogens with two attached hydrogens (primary N) is 1. The van der Waals surface area contributed by atoms with Crippen LogP contribution in [0, 0.1) is 0 Å². The van der Waals surface area contributed by atoms with Crippen molar-refractivity contribution in [1.29, 1.82) is 0 Å². The zero-order valence-electron chi connectivity index (χ0n) is 12.2. The van der Waals surface area contributed by atoms with Crippen molar-refractivity contribution >= 4 is 46.8 Å². The van der Waals surface area contributed by atoms with Crippen molar-refractivity contribution in [1.82, 2.24) is 9.78 Å². The average Bonchev–Trinajstić information content (AvgIpc) is 2.76. The first-order valence-corrected chi connectivity index (χ1v) is 7.74. The van der Waals surface area contributed by atoms with Crippen molar-refractivity contribution in [2.75, 3.05) is 12.8 Å². The van der Waals surface area contributed by atoms with E-state index in [4.69, 9.17) is 33.1 Å². The maximum atomic E-state index is 12.8. The number of benzene rings is 1. The maximum Gasteiger partial charge on any atom is 0.416 e. The fourth-order valence-corrected chi connectivity index (χ4v) is 3.16. The predicted octanol–water partition coefficient (Wildman–Crippen LogP) is 4.64. The van der Waals surface area contributed by atoms with E-state index in [0.717, 1.165) is 16.7 Å². The number of nitrogens with zero attached hydrogens (tertiary/aromatic N) is 2. The summed E-state index contributed by atoms with van der Waals surface area (Å²) in [5.41, 5.74) is 4.85. The lowest BCUT2D eigenvalue weighted by Gasteiger charge is -2.13. The van der Waals surface area contributed by atoms with Crippen LogP contribution in [0.1, 0.15) is 23.0 Å². The Kier molecular flexibility index (Phi) is 5.38. The molecule has 130 valence electrons. The summed E-state index contributed by atoms with van der Waals surface area (Å²) in [7, 11) is 1.36. The average molecular weight is 400 g/mol. The molecule has 0 fully saturated rings. The van der Waals surface area contributed by atoms with Crippen molar-refractivity contribution in [2.45, 2.75) is 18.0 Å². The molecule has 0 aliphatic rings. The number of hydrogen-bond donors (Lipinski definition) is 1. The summed E-state index contributed by atoms with van der Waals surface area (Å²) in [6.07, 6.45) is -4.61. The van der Waals surface area contributed by atoms with E-state index >= 15 is 0 Å². The van der Waals surface area contributed by atoms with Gasteiger partial charge in [-0.25, -0.2) is 4.68 Å². The zero-order valence-corrected chi connectivity index (χ0v) is 14.6. The van der Waals surface area contributed by atoms with Crippen LogP contribution in [-0.4, -0.2) is 22.7 Å². The van der Waals surface area contributed by atoms with Crippen LogP contribution in [0.5, 0.6) is 0 Å². The van der Waals surface area contributed by atoms with Crippen LogP contribution in [0.25, 0.3) is 5.69 Å². The highest BCUT2D eigenvalue weighted by Crippen LogP contribution is 2.40. The normalized spacial score (nSPS) is 11.8. The second-order valence-corrected chi connectivity index (χ2v) is 6.29. The van der Waals surface area contributed by atoms with Gasteiger partial charge in [0.15, 0.2) is 5.78 Å². The molecule has 0 saturated heterocycles. The Bertz CT molecular complexity index is 785. The number of nitrogen functional groups attached to an aromatic ring is 1. The Morgan fingerprint density at radius 3 is 2.29 bits per heavy atom. The van der Waals surface area contributed by atoms with Gasteiger partial charge < -0.3 is 9.92 Å². The van der Waals surface area contributed by atoms with Gasteiger partial charge in [0.2, 0.25) is 0 Å². The molecule has 0 atom stereocenters. The SMILES string of the molecule is COSc1c(C(C)=O)nn(-c2c(Cl)cc(C(F)(F)F)cc2Cl)c1N. The van der Waals surface area contributed by atoms with E-state index in [1.165, 1.54) is 14.0 Å². The summed E-state index contributed by atoms with van der Waals surface area (Å²) >= 11 is 12.7. The molecule has 2 N–H and O–H groups in total. The van der Waals surface area contributed by atoms with Crippen molar-refractivity contribution in [2.24, 2.45) is 0 Å². The molecule has 0 amide bonds. The first-order valence-electron chi connectivity index (χ1n) is 6.24. The number of rotatable bonds is 4. The second kappa shape index (κ2) is 6.83. The van der Waals surface area contributed by atoms with E-state index in [0.29, 0.717) is 12.1 Å². The number of halogens is 5. The van der Waals surface area contributed by atoms with Crippen LogP contribution in [0.2, 0.25) is 10.0 Å². The number of anilines is 1. The van der Waals surface area contributed by atoms with E-state index in [1.54, 1.807) is 0 Å². The number of carbonyl (C=O) groups excluding carboxylic acids is 1. The Labute approximate surface area is 149 Å². The minimum Gasteiger partial charge on any atom is -0.383 e. The van der Waals surface area contributed by atoms with Gasteiger partial charge in [0.25, 0.3) is 0 Å². The first kappa shape index (κ1) is 18.9. The minimum absolute atomic E-state index is 0.00798. The topological polar surface area (TPSA) is 70.1 Å². The fraction of sp³-hybridized carbons (Fsp3) is 0.231. The van der Waals surface area contributed by atoms with Gasteiger partial charge in [-0.2, -0.15) is 18.3 Å². The lowest BCUT2D eigenvalue weighted by Crippen LogP contribution is -2.08. The monoisotopic (exact) mass is 399 g/mol. The summed E-state index contributed by atoms with van der Waals surface area (Å²) in [6.45, 7) is 1.27. The van der Waals surface area contributed by atoms with Crippen LogP contribution < -0.4 is 5.73 Å². The lowest BCUT2D eigenvalue weighted by molar-refractivity contribution is -0.137. The highest BCUT2D eigenvalue weighted by molar-refractivity contribution is 7.94. The molecular formula is C13H10Cl2F3N3O2S.